The van der Waals surface area contributed by atoms with E-state index < -0.39 is 24.5 Å². The maximum Gasteiger partial charge on any atom is 0.322 e. The second kappa shape index (κ2) is 6.41. The van der Waals surface area contributed by atoms with E-state index in [1.807, 2.05) is 24.3 Å². The van der Waals surface area contributed by atoms with Crippen LogP contribution in [0, 0.1) is 0 Å². The number of carbonyl (C=O) groups is 2. The molecule has 5 heteroatoms. The summed E-state index contributed by atoms with van der Waals surface area (Å²) in [5.41, 5.74) is 1.23. The standard InChI is InChI=1S/C15H21NO4/c1-10(14(19)16-9-13(17)18)20-12-7-5-11(6-8-12)15(2,3)4/h5-8,10H,9H2,1-4H3,(H,16,19)(H,17,18). The van der Waals surface area contributed by atoms with E-state index in [4.69, 9.17) is 9.84 Å². The molecule has 0 bridgehead atoms. The summed E-state index contributed by atoms with van der Waals surface area (Å²) in [6.07, 6.45) is -0.741. The van der Waals surface area contributed by atoms with Crippen molar-refractivity contribution >= 4 is 11.9 Å². The van der Waals surface area contributed by atoms with Crippen LogP contribution in [-0.4, -0.2) is 29.6 Å². The Morgan fingerprint density at radius 1 is 1.25 bits per heavy atom. The quantitative estimate of drug-likeness (QED) is 0.864. The minimum atomic E-state index is -1.08. The van der Waals surface area contributed by atoms with Gasteiger partial charge in [0.25, 0.3) is 5.91 Å². The highest BCUT2D eigenvalue weighted by Crippen LogP contribution is 2.24. The maximum atomic E-state index is 11.6. The lowest BCUT2D eigenvalue weighted by atomic mass is 9.87. The lowest BCUT2D eigenvalue weighted by Crippen LogP contribution is -2.39. The van der Waals surface area contributed by atoms with E-state index in [0.29, 0.717) is 5.75 Å². The number of hydrogen-bond acceptors (Lipinski definition) is 3. The summed E-state index contributed by atoms with van der Waals surface area (Å²) in [5.74, 6) is -0.955. The van der Waals surface area contributed by atoms with E-state index in [-0.39, 0.29) is 5.41 Å². The fourth-order valence-corrected chi connectivity index (χ4v) is 1.60. The minimum absolute atomic E-state index is 0.0585. The molecule has 1 aromatic carbocycles. The van der Waals surface area contributed by atoms with Gasteiger partial charge in [-0.3, -0.25) is 9.59 Å². The van der Waals surface area contributed by atoms with Crippen LogP contribution < -0.4 is 10.1 Å². The van der Waals surface area contributed by atoms with Crippen LogP contribution in [0.2, 0.25) is 0 Å². The number of nitrogens with one attached hydrogen (secondary N) is 1. The molecule has 1 aromatic rings. The van der Waals surface area contributed by atoms with Crippen LogP contribution in [0.1, 0.15) is 33.3 Å². The molecule has 0 spiro atoms. The van der Waals surface area contributed by atoms with Gasteiger partial charge in [-0.25, -0.2) is 0 Å². The molecule has 110 valence electrons. The predicted molar refractivity (Wildman–Crippen MR) is 75.9 cm³/mol. The molecule has 1 unspecified atom stereocenters. The summed E-state index contributed by atoms with van der Waals surface area (Å²) >= 11 is 0. The van der Waals surface area contributed by atoms with Gasteiger partial charge >= 0.3 is 5.97 Å². The van der Waals surface area contributed by atoms with E-state index in [1.54, 1.807) is 6.92 Å². The van der Waals surface area contributed by atoms with Gasteiger partial charge in [-0.05, 0) is 30.0 Å². The summed E-state index contributed by atoms with van der Waals surface area (Å²) in [5, 5.41) is 10.8. The zero-order valence-electron chi connectivity index (χ0n) is 12.3. The molecule has 0 saturated carbocycles. The Morgan fingerprint density at radius 3 is 2.25 bits per heavy atom. The fraction of sp³-hybridized carbons (Fsp3) is 0.467. The first kappa shape index (κ1) is 16.0. The van der Waals surface area contributed by atoms with Crippen LogP contribution in [0.5, 0.6) is 5.75 Å². The summed E-state index contributed by atoms with van der Waals surface area (Å²) in [6, 6.07) is 7.53. The van der Waals surface area contributed by atoms with Gasteiger partial charge in [0.05, 0.1) is 0 Å². The monoisotopic (exact) mass is 279 g/mol. The fourth-order valence-electron chi connectivity index (χ4n) is 1.60. The SMILES string of the molecule is CC(Oc1ccc(C(C)(C)C)cc1)C(=O)NCC(=O)O. The lowest BCUT2D eigenvalue weighted by Gasteiger charge is -2.20. The van der Waals surface area contributed by atoms with Crippen LogP contribution in [0.4, 0.5) is 0 Å². The van der Waals surface area contributed by atoms with Crippen LogP contribution in [0.15, 0.2) is 24.3 Å². The van der Waals surface area contributed by atoms with E-state index in [0.717, 1.165) is 0 Å². The molecule has 0 radical (unpaired) electrons. The normalized spacial score (nSPS) is 12.6. The predicted octanol–water partition coefficient (Wildman–Crippen LogP) is 1.95. The van der Waals surface area contributed by atoms with Gasteiger partial charge in [-0.15, -0.1) is 0 Å². The highest BCUT2D eigenvalue weighted by Gasteiger charge is 2.16. The molecule has 20 heavy (non-hydrogen) atoms. The van der Waals surface area contributed by atoms with E-state index in [1.165, 1.54) is 5.56 Å². The minimum Gasteiger partial charge on any atom is -0.481 e. The number of benzene rings is 1. The number of hydrogen-bond donors (Lipinski definition) is 2. The van der Waals surface area contributed by atoms with Gasteiger partial charge < -0.3 is 15.2 Å². The number of amides is 1. The summed E-state index contributed by atoms with van der Waals surface area (Å²) in [6.45, 7) is 7.52. The Balaban J connectivity index is 2.60. The van der Waals surface area contributed by atoms with Crippen LogP contribution in [0.3, 0.4) is 0 Å². The van der Waals surface area contributed by atoms with E-state index in [2.05, 4.69) is 26.1 Å². The first-order valence-corrected chi connectivity index (χ1v) is 6.47. The zero-order valence-corrected chi connectivity index (χ0v) is 12.3. The highest BCUT2D eigenvalue weighted by atomic mass is 16.5. The van der Waals surface area contributed by atoms with Crippen molar-refractivity contribution in [1.82, 2.24) is 5.32 Å². The second-order valence-corrected chi connectivity index (χ2v) is 5.65. The first-order chi connectivity index (χ1) is 9.20. The van der Waals surface area contributed by atoms with Gasteiger partial charge in [-0.2, -0.15) is 0 Å². The van der Waals surface area contributed by atoms with Crippen molar-refractivity contribution in [2.45, 2.75) is 39.2 Å². The van der Waals surface area contributed by atoms with Gasteiger partial charge in [-0.1, -0.05) is 32.9 Å². The molecule has 0 aliphatic rings. The summed E-state index contributed by atoms with van der Waals surface area (Å²) in [7, 11) is 0. The van der Waals surface area contributed by atoms with Crippen LogP contribution in [-0.2, 0) is 15.0 Å². The number of carboxylic acids is 1. The largest absolute Gasteiger partial charge is 0.481 e. The molecular weight excluding hydrogens is 258 g/mol. The molecule has 0 fully saturated rings. The smallest absolute Gasteiger partial charge is 0.322 e. The van der Waals surface area contributed by atoms with Crippen molar-refractivity contribution in [1.29, 1.82) is 0 Å². The number of rotatable bonds is 5. The lowest BCUT2D eigenvalue weighted by molar-refractivity contribution is -0.139. The topological polar surface area (TPSA) is 75.6 Å². The van der Waals surface area contributed by atoms with Crippen molar-refractivity contribution in [2.24, 2.45) is 0 Å². The van der Waals surface area contributed by atoms with Crippen LogP contribution in [0.25, 0.3) is 0 Å². The third kappa shape index (κ3) is 4.91. The average molecular weight is 279 g/mol. The highest BCUT2D eigenvalue weighted by molar-refractivity contribution is 5.84. The van der Waals surface area contributed by atoms with Crippen LogP contribution >= 0.6 is 0 Å². The van der Waals surface area contributed by atoms with Gasteiger partial charge in [0.2, 0.25) is 0 Å². The number of carboxylic acid groups (broad SMARTS) is 1. The maximum absolute atomic E-state index is 11.6. The van der Waals surface area contributed by atoms with Crippen molar-refractivity contribution in [2.75, 3.05) is 6.54 Å². The van der Waals surface area contributed by atoms with Gasteiger partial charge in [0, 0.05) is 0 Å². The molecule has 0 aromatic heterocycles. The van der Waals surface area contributed by atoms with E-state index >= 15 is 0 Å². The van der Waals surface area contributed by atoms with Crippen molar-refractivity contribution in [3.05, 3.63) is 29.8 Å². The third-order valence-corrected chi connectivity index (χ3v) is 2.82. The third-order valence-electron chi connectivity index (χ3n) is 2.82. The molecule has 0 heterocycles. The Morgan fingerprint density at radius 2 is 1.80 bits per heavy atom. The molecule has 0 saturated heterocycles. The van der Waals surface area contributed by atoms with Crippen molar-refractivity contribution in [3.8, 4) is 5.75 Å². The Hall–Kier alpha value is -2.04. The Bertz CT molecular complexity index is 474. The Kier molecular flexibility index (Phi) is 5.13. The van der Waals surface area contributed by atoms with Crippen molar-refractivity contribution < 1.29 is 19.4 Å². The van der Waals surface area contributed by atoms with Gasteiger partial charge in [0.15, 0.2) is 6.10 Å². The number of carbonyl (C=O) groups excluding carboxylic acids is 1. The summed E-state index contributed by atoms with van der Waals surface area (Å²) in [4.78, 5) is 21.9. The Labute approximate surface area is 118 Å². The molecule has 1 atom stereocenters. The zero-order chi connectivity index (χ0) is 15.3. The van der Waals surface area contributed by atoms with Crippen molar-refractivity contribution in [3.63, 3.8) is 0 Å². The molecule has 0 aliphatic carbocycles. The van der Waals surface area contributed by atoms with E-state index in [9.17, 15) is 9.59 Å². The molecule has 2 N–H and O–H groups in total. The second-order valence-electron chi connectivity index (χ2n) is 5.65. The molecular formula is C15H21NO4. The first-order valence-electron chi connectivity index (χ1n) is 6.47. The average Bonchev–Trinajstić information content (AvgIpc) is 2.35. The number of ether oxygens (including phenoxy) is 1. The molecule has 5 nitrogen and oxygen atoms in total. The molecule has 1 rings (SSSR count). The molecule has 1 amide bonds. The molecule has 0 aliphatic heterocycles. The summed E-state index contributed by atoms with van der Waals surface area (Å²) < 4.78 is 5.47. The number of aliphatic carboxylic acids is 1. The van der Waals surface area contributed by atoms with Gasteiger partial charge in [0.1, 0.15) is 12.3 Å².